The highest BCUT2D eigenvalue weighted by molar-refractivity contribution is 5.99. The van der Waals surface area contributed by atoms with Crippen LogP contribution in [0.4, 0.5) is 0 Å². The van der Waals surface area contributed by atoms with Crippen molar-refractivity contribution in [1.29, 1.82) is 0 Å². The molecule has 0 aromatic carbocycles. The van der Waals surface area contributed by atoms with Crippen molar-refractivity contribution in [2.24, 2.45) is 0 Å². The van der Waals surface area contributed by atoms with Crippen molar-refractivity contribution in [3.8, 4) is 0 Å². The highest BCUT2D eigenvalue weighted by Gasteiger charge is 2.17. The first-order chi connectivity index (χ1) is 8.99. The zero-order valence-corrected chi connectivity index (χ0v) is 11.4. The molecule has 0 spiro atoms. The SMILES string of the molecule is CCN(CCC(=O)OC)C(=O)c1cc(C(C)=O)c[nH]1. The molecule has 0 saturated carbocycles. The van der Waals surface area contributed by atoms with Crippen molar-refractivity contribution in [2.75, 3.05) is 20.2 Å². The van der Waals surface area contributed by atoms with E-state index in [9.17, 15) is 14.4 Å². The number of rotatable bonds is 6. The molecule has 1 N–H and O–H groups in total. The third kappa shape index (κ3) is 3.94. The number of nitrogens with one attached hydrogen (secondary N) is 1. The lowest BCUT2D eigenvalue weighted by Crippen LogP contribution is -2.33. The van der Waals surface area contributed by atoms with E-state index in [0.29, 0.717) is 17.8 Å². The fourth-order valence-electron chi connectivity index (χ4n) is 1.62. The highest BCUT2D eigenvalue weighted by Crippen LogP contribution is 2.08. The Labute approximate surface area is 111 Å². The Hall–Kier alpha value is -2.11. The van der Waals surface area contributed by atoms with E-state index in [-0.39, 0.29) is 30.6 Å². The lowest BCUT2D eigenvalue weighted by atomic mass is 10.2. The second-order valence-electron chi connectivity index (χ2n) is 4.07. The van der Waals surface area contributed by atoms with Crippen LogP contribution in [0.15, 0.2) is 12.3 Å². The van der Waals surface area contributed by atoms with E-state index < -0.39 is 0 Å². The van der Waals surface area contributed by atoms with E-state index in [0.717, 1.165) is 0 Å². The summed E-state index contributed by atoms with van der Waals surface area (Å²) in [5.41, 5.74) is 0.810. The van der Waals surface area contributed by atoms with Gasteiger partial charge in [0, 0.05) is 24.8 Å². The molecule has 0 bridgehead atoms. The van der Waals surface area contributed by atoms with Crippen molar-refractivity contribution in [2.45, 2.75) is 20.3 Å². The zero-order valence-electron chi connectivity index (χ0n) is 11.4. The molecule has 1 aromatic heterocycles. The van der Waals surface area contributed by atoms with Gasteiger partial charge in [0.05, 0.1) is 13.5 Å². The number of carbonyl (C=O) groups excluding carboxylic acids is 3. The standard InChI is InChI=1S/C13H18N2O4/c1-4-15(6-5-12(17)19-3)13(18)11-7-10(8-14-11)9(2)16/h7-8,14H,4-6H2,1-3H3. The third-order valence-corrected chi connectivity index (χ3v) is 2.80. The predicted octanol–water partition coefficient (Wildman–Crippen LogP) is 1.24. The van der Waals surface area contributed by atoms with Crippen molar-refractivity contribution in [1.82, 2.24) is 9.88 Å². The molecule has 0 radical (unpaired) electrons. The summed E-state index contributed by atoms with van der Waals surface area (Å²) in [6, 6.07) is 1.52. The smallest absolute Gasteiger partial charge is 0.307 e. The molecule has 0 aliphatic rings. The van der Waals surface area contributed by atoms with Gasteiger partial charge in [-0.25, -0.2) is 0 Å². The van der Waals surface area contributed by atoms with Gasteiger partial charge in [-0.05, 0) is 19.9 Å². The van der Waals surface area contributed by atoms with Crippen LogP contribution in [0.25, 0.3) is 0 Å². The van der Waals surface area contributed by atoms with Crippen LogP contribution in [0.3, 0.4) is 0 Å². The zero-order chi connectivity index (χ0) is 14.4. The molecule has 0 unspecified atom stereocenters. The fraction of sp³-hybridized carbons (Fsp3) is 0.462. The number of amides is 1. The van der Waals surface area contributed by atoms with Crippen molar-refractivity contribution in [3.63, 3.8) is 0 Å². The van der Waals surface area contributed by atoms with Crippen LogP contribution in [-0.2, 0) is 9.53 Å². The second-order valence-corrected chi connectivity index (χ2v) is 4.07. The van der Waals surface area contributed by atoms with Gasteiger partial charge in [0.2, 0.25) is 0 Å². The maximum atomic E-state index is 12.1. The Morgan fingerprint density at radius 3 is 2.53 bits per heavy atom. The minimum atomic E-state index is -0.359. The lowest BCUT2D eigenvalue weighted by molar-refractivity contribution is -0.140. The Balaban J connectivity index is 2.71. The van der Waals surface area contributed by atoms with Gasteiger partial charge in [-0.3, -0.25) is 14.4 Å². The molecule has 1 heterocycles. The normalized spacial score (nSPS) is 10.1. The number of methoxy groups -OCH3 is 1. The molecular formula is C13H18N2O4. The maximum Gasteiger partial charge on any atom is 0.307 e. The number of Topliss-reactive ketones (excluding diaryl/α,β-unsaturated/α-hetero) is 1. The van der Waals surface area contributed by atoms with E-state index in [1.54, 1.807) is 0 Å². The lowest BCUT2D eigenvalue weighted by Gasteiger charge is -2.19. The number of aromatic amines is 1. The second kappa shape index (κ2) is 6.72. The Morgan fingerprint density at radius 1 is 1.37 bits per heavy atom. The van der Waals surface area contributed by atoms with Gasteiger partial charge in [-0.2, -0.15) is 0 Å². The van der Waals surface area contributed by atoms with Crippen LogP contribution < -0.4 is 0 Å². The summed E-state index contributed by atoms with van der Waals surface area (Å²) in [5, 5.41) is 0. The Morgan fingerprint density at radius 2 is 2.05 bits per heavy atom. The number of nitrogens with zero attached hydrogens (tertiary/aromatic N) is 1. The van der Waals surface area contributed by atoms with E-state index >= 15 is 0 Å². The molecule has 1 amide bonds. The molecule has 6 heteroatoms. The first-order valence-electron chi connectivity index (χ1n) is 6.05. The van der Waals surface area contributed by atoms with Gasteiger partial charge < -0.3 is 14.6 Å². The first kappa shape index (κ1) is 14.9. The van der Waals surface area contributed by atoms with Crippen LogP contribution in [0.5, 0.6) is 0 Å². The molecule has 0 aliphatic carbocycles. The van der Waals surface area contributed by atoms with Crippen molar-refractivity contribution < 1.29 is 19.1 Å². The molecule has 1 aromatic rings. The largest absolute Gasteiger partial charge is 0.469 e. The monoisotopic (exact) mass is 266 g/mol. The number of hydrogen-bond acceptors (Lipinski definition) is 4. The molecular weight excluding hydrogens is 248 g/mol. The van der Waals surface area contributed by atoms with Gasteiger partial charge in [-0.15, -0.1) is 0 Å². The summed E-state index contributed by atoms with van der Waals surface area (Å²) in [6.45, 7) is 4.02. The van der Waals surface area contributed by atoms with E-state index in [1.807, 2.05) is 6.92 Å². The van der Waals surface area contributed by atoms with Crippen LogP contribution in [-0.4, -0.2) is 47.7 Å². The number of H-pyrrole nitrogens is 1. The minimum Gasteiger partial charge on any atom is -0.469 e. The molecule has 19 heavy (non-hydrogen) atoms. The number of hydrogen-bond donors (Lipinski definition) is 1. The van der Waals surface area contributed by atoms with E-state index in [2.05, 4.69) is 9.72 Å². The van der Waals surface area contributed by atoms with E-state index in [4.69, 9.17) is 0 Å². The van der Waals surface area contributed by atoms with Crippen LogP contribution >= 0.6 is 0 Å². The van der Waals surface area contributed by atoms with Crippen LogP contribution in [0, 0.1) is 0 Å². The summed E-state index contributed by atoms with van der Waals surface area (Å²) >= 11 is 0. The summed E-state index contributed by atoms with van der Waals surface area (Å²) in [7, 11) is 1.31. The third-order valence-electron chi connectivity index (χ3n) is 2.80. The topological polar surface area (TPSA) is 79.5 Å². The average Bonchev–Trinajstić information content (AvgIpc) is 2.88. The number of carbonyl (C=O) groups is 3. The maximum absolute atomic E-state index is 12.1. The highest BCUT2D eigenvalue weighted by atomic mass is 16.5. The summed E-state index contributed by atoms with van der Waals surface area (Å²) < 4.78 is 4.54. The molecule has 104 valence electrons. The average molecular weight is 266 g/mol. The summed E-state index contributed by atoms with van der Waals surface area (Å²) in [5.74, 6) is -0.700. The Kier molecular flexibility index (Phi) is 5.29. The molecule has 0 saturated heterocycles. The minimum absolute atomic E-state index is 0.104. The van der Waals surface area contributed by atoms with Crippen LogP contribution in [0.2, 0.25) is 0 Å². The van der Waals surface area contributed by atoms with Gasteiger partial charge in [0.1, 0.15) is 5.69 Å². The fourth-order valence-corrected chi connectivity index (χ4v) is 1.62. The molecule has 0 atom stereocenters. The van der Waals surface area contributed by atoms with Gasteiger partial charge in [0.25, 0.3) is 5.91 Å². The summed E-state index contributed by atoms with van der Waals surface area (Å²) in [4.78, 5) is 38.7. The van der Waals surface area contributed by atoms with Crippen LogP contribution in [0.1, 0.15) is 41.1 Å². The number of aromatic nitrogens is 1. The van der Waals surface area contributed by atoms with Gasteiger partial charge in [0.15, 0.2) is 5.78 Å². The summed E-state index contributed by atoms with van der Waals surface area (Å²) in [6.07, 6.45) is 1.65. The van der Waals surface area contributed by atoms with E-state index in [1.165, 1.54) is 31.2 Å². The molecule has 0 aliphatic heterocycles. The molecule has 1 rings (SSSR count). The van der Waals surface area contributed by atoms with Gasteiger partial charge >= 0.3 is 5.97 Å². The van der Waals surface area contributed by atoms with Crippen molar-refractivity contribution >= 4 is 17.7 Å². The first-order valence-corrected chi connectivity index (χ1v) is 6.05. The van der Waals surface area contributed by atoms with Gasteiger partial charge in [-0.1, -0.05) is 0 Å². The predicted molar refractivity (Wildman–Crippen MR) is 69.0 cm³/mol. The number of ketones is 1. The number of ether oxygens (including phenoxy) is 1. The quantitative estimate of drug-likeness (QED) is 0.620. The molecule has 0 fully saturated rings. The van der Waals surface area contributed by atoms with Crippen molar-refractivity contribution in [3.05, 3.63) is 23.5 Å². The number of esters is 1. The molecule has 6 nitrogen and oxygen atoms in total. The Bertz CT molecular complexity index is 479.